The molecule has 98 valence electrons. The molecule has 20 heavy (non-hydrogen) atoms. The van der Waals surface area contributed by atoms with E-state index in [1.807, 2.05) is 42.5 Å². The maximum Gasteiger partial charge on any atom is 0.255 e. The Morgan fingerprint density at radius 3 is 2.60 bits per heavy atom. The Morgan fingerprint density at radius 2 is 1.80 bits per heavy atom. The van der Waals surface area contributed by atoms with Gasteiger partial charge in [0.25, 0.3) is 5.91 Å². The molecule has 0 spiro atoms. The molecule has 0 aliphatic rings. The molecule has 0 radical (unpaired) electrons. The summed E-state index contributed by atoms with van der Waals surface area (Å²) in [5, 5.41) is 5.14. The molecule has 0 aliphatic carbocycles. The number of carbonyl (C=O) groups excluding carboxylic acids is 1. The fourth-order valence-electron chi connectivity index (χ4n) is 2.01. The topological polar surface area (TPSA) is 42.0 Å². The molecule has 3 aromatic rings. The summed E-state index contributed by atoms with van der Waals surface area (Å²) in [7, 11) is 0. The number of pyridine rings is 1. The van der Waals surface area contributed by atoms with Gasteiger partial charge in [0.05, 0.1) is 0 Å². The number of benzene rings is 2. The van der Waals surface area contributed by atoms with Crippen molar-refractivity contribution in [3.05, 3.63) is 71.0 Å². The minimum absolute atomic E-state index is 0.150. The SMILES string of the molecule is O=C(Nc1ccc2ccccc2c1)c1ccnc(Br)c1. The molecular formula is C16H11BrN2O. The van der Waals surface area contributed by atoms with Gasteiger partial charge in [0.1, 0.15) is 4.60 Å². The van der Waals surface area contributed by atoms with Crippen molar-refractivity contribution in [3.8, 4) is 0 Å². The van der Waals surface area contributed by atoms with Crippen LogP contribution in [-0.4, -0.2) is 10.9 Å². The molecule has 1 heterocycles. The molecule has 0 bridgehead atoms. The lowest BCUT2D eigenvalue weighted by atomic mass is 10.1. The number of anilines is 1. The van der Waals surface area contributed by atoms with Crippen molar-refractivity contribution in [3.63, 3.8) is 0 Å². The highest BCUT2D eigenvalue weighted by atomic mass is 79.9. The molecular weight excluding hydrogens is 316 g/mol. The smallest absolute Gasteiger partial charge is 0.255 e. The van der Waals surface area contributed by atoms with Crippen LogP contribution in [0.1, 0.15) is 10.4 Å². The Hall–Kier alpha value is -2.20. The molecule has 2 aromatic carbocycles. The molecule has 0 saturated carbocycles. The number of hydrogen-bond acceptors (Lipinski definition) is 2. The normalized spacial score (nSPS) is 10.4. The van der Waals surface area contributed by atoms with Crippen LogP contribution < -0.4 is 5.32 Å². The lowest BCUT2D eigenvalue weighted by Gasteiger charge is -2.06. The van der Waals surface area contributed by atoms with Crippen LogP contribution in [0.15, 0.2) is 65.4 Å². The maximum absolute atomic E-state index is 12.1. The zero-order valence-electron chi connectivity index (χ0n) is 10.5. The third-order valence-electron chi connectivity index (χ3n) is 3.00. The number of rotatable bonds is 2. The van der Waals surface area contributed by atoms with Gasteiger partial charge in [-0.2, -0.15) is 0 Å². The first-order valence-electron chi connectivity index (χ1n) is 6.14. The molecule has 0 aliphatic heterocycles. The standard InChI is InChI=1S/C16H11BrN2O/c17-15-10-13(7-8-18-15)16(20)19-14-6-5-11-3-1-2-4-12(11)9-14/h1-10H,(H,19,20). The second-order valence-electron chi connectivity index (χ2n) is 4.38. The van der Waals surface area contributed by atoms with Gasteiger partial charge in [0, 0.05) is 17.4 Å². The van der Waals surface area contributed by atoms with Gasteiger partial charge in [0.15, 0.2) is 0 Å². The summed E-state index contributed by atoms with van der Waals surface area (Å²) in [5.74, 6) is -0.150. The van der Waals surface area contributed by atoms with Gasteiger partial charge in [-0.25, -0.2) is 4.98 Å². The first kappa shape index (κ1) is 12.8. The van der Waals surface area contributed by atoms with E-state index in [2.05, 4.69) is 26.2 Å². The van der Waals surface area contributed by atoms with E-state index in [0.29, 0.717) is 10.2 Å². The summed E-state index contributed by atoms with van der Waals surface area (Å²) >= 11 is 3.26. The molecule has 1 N–H and O–H groups in total. The monoisotopic (exact) mass is 326 g/mol. The number of hydrogen-bond donors (Lipinski definition) is 1. The quantitative estimate of drug-likeness (QED) is 0.715. The summed E-state index contributed by atoms with van der Waals surface area (Å²) in [6.07, 6.45) is 1.60. The average molecular weight is 327 g/mol. The van der Waals surface area contributed by atoms with Gasteiger partial charge in [-0.15, -0.1) is 0 Å². The van der Waals surface area contributed by atoms with Gasteiger partial charge in [-0.3, -0.25) is 4.79 Å². The van der Waals surface area contributed by atoms with Crippen molar-refractivity contribution in [2.75, 3.05) is 5.32 Å². The van der Waals surface area contributed by atoms with E-state index < -0.39 is 0 Å². The van der Waals surface area contributed by atoms with Crippen molar-refractivity contribution in [2.24, 2.45) is 0 Å². The molecule has 3 rings (SSSR count). The molecule has 0 fully saturated rings. The summed E-state index contributed by atoms with van der Waals surface area (Å²) in [4.78, 5) is 16.1. The van der Waals surface area contributed by atoms with E-state index in [0.717, 1.165) is 16.5 Å². The van der Waals surface area contributed by atoms with Crippen molar-refractivity contribution >= 4 is 38.3 Å². The predicted octanol–water partition coefficient (Wildman–Crippen LogP) is 4.25. The van der Waals surface area contributed by atoms with Crippen LogP contribution in [0.3, 0.4) is 0 Å². The van der Waals surface area contributed by atoms with Gasteiger partial charge in [-0.05, 0) is 51.0 Å². The summed E-state index contributed by atoms with van der Waals surface area (Å²) in [6, 6.07) is 17.3. The van der Waals surface area contributed by atoms with Crippen LogP contribution >= 0.6 is 15.9 Å². The Kier molecular flexibility index (Phi) is 3.48. The number of nitrogens with zero attached hydrogens (tertiary/aromatic N) is 1. The minimum Gasteiger partial charge on any atom is -0.322 e. The fraction of sp³-hybridized carbons (Fsp3) is 0. The van der Waals surface area contributed by atoms with Crippen LogP contribution in [0, 0.1) is 0 Å². The Labute approximate surface area is 124 Å². The Morgan fingerprint density at radius 1 is 1.00 bits per heavy atom. The van der Waals surface area contributed by atoms with Gasteiger partial charge >= 0.3 is 0 Å². The molecule has 0 saturated heterocycles. The third kappa shape index (κ3) is 2.70. The molecule has 4 heteroatoms. The Balaban J connectivity index is 1.87. The second-order valence-corrected chi connectivity index (χ2v) is 5.20. The number of carbonyl (C=O) groups is 1. The first-order valence-corrected chi connectivity index (χ1v) is 6.93. The van der Waals surface area contributed by atoms with Gasteiger partial charge in [-0.1, -0.05) is 30.3 Å². The Bertz CT molecular complexity index is 786. The van der Waals surface area contributed by atoms with E-state index >= 15 is 0 Å². The van der Waals surface area contributed by atoms with E-state index in [9.17, 15) is 4.79 Å². The van der Waals surface area contributed by atoms with Crippen LogP contribution in [0.25, 0.3) is 10.8 Å². The molecule has 1 amide bonds. The molecule has 0 unspecified atom stereocenters. The van der Waals surface area contributed by atoms with E-state index in [1.165, 1.54) is 0 Å². The minimum atomic E-state index is -0.150. The molecule has 3 nitrogen and oxygen atoms in total. The first-order chi connectivity index (χ1) is 9.72. The largest absolute Gasteiger partial charge is 0.322 e. The van der Waals surface area contributed by atoms with E-state index in [1.54, 1.807) is 18.3 Å². The van der Waals surface area contributed by atoms with Gasteiger partial charge < -0.3 is 5.32 Å². The zero-order chi connectivity index (χ0) is 13.9. The van der Waals surface area contributed by atoms with Crippen molar-refractivity contribution in [2.45, 2.75) is 0 Å². The third-order valence-corrected chi connectivity index (χ3v) is 3.43. The molecule has 1 aromatic heterocycles. The summed E-state index contributed by atoms with van der Waals surface area (Å²) in [6.45, 7) is 0. The summed E-state index contributed by atoms with van der Waals surface area (Å²) in [5.41, 5.74) is 1.35. The van der Waals surface area contributed by atoms with Crippen LogP contribution in [0.4, 0.5) is 5.69 Å². The van der Waals surface area contributed by atoms with Crippen LogP contribution in [-0.2, 0) is 0 Å². The fourth-order valence-corrected chi connectivity index (χ4v) is 2.38. The lowest BCUT2D eigenvalue weighted by molar-refractivity contribution is 0.102. The average Bonchev–Trinajstić information content (AvgIpc) is 2.47. The van der Waals surface area contributed by atoms with Crippen molar-refractivity contribution in [1.29, 1.82) is 0 Å². The van der Waals surface area contributed by atoms with Crippen LogP contribution in [0.2, 0.25) is 0 Å². The maximum atomic E-state index is 12.1. The lowest BCUT2D eigenvalue weighted by Crippen LogP contribution is -2.11. The second kappa shape index (κ2) is 5.43. The zero-order valence-corrected chi connectivity index (χ0v) is 12.1. The van der Waals surface area contributed by atoms with E-state index in [-0.39, 0.29) is 5.91 Å². The van der Waals surface area contributed by atoms with E-state index in [4.69, 9.17) is 0 Å². The number of amides is 1. The summed E-state index contributed by atoms with van der Waals surface area (Å²) < 4.78 is 0.642. The van der Waals surface area contributed by atoms with Crippen molar-refractivity contribution in [1.82, 2.24) is 4.98 Å². The number of halogens is 1. The highest BCUT2D eigenvalue weighted by molar-refractivity contribution is 9.10. The van der Waals surface area contributed by atoms with Gasteiger partial charge in [0.2, 0.25) is 0 Å². The number of nitrogens with one attached hydrogen (secondary N) is 1. The highest BCUT2D eigenvalue weighted by Gasteiger charge is 2.07. The molecule has 0 atom stereocenters. The highest BCUT2D eigenvalue weighted by Crippen LogP contribution is 2.19. The van der Waals surface area contributed by atoms with Crippen molar-refractivity contribution < 1.29 is 4.79 Å². The van der Waals surface area contributed by atoms with Crippen LogP contribution in [0.5, 0.6) is 0 Å². The number of aromatic nitrogens is 1. The predicted molar refractivity (Wildman–Crippen MR) is 83.8 cm³/mol. The number of fused-ring (bicyclic) bond motifs is 1.